The number of halogens is 2. The maximum atomic E-state index is 4.79. The van der Waals surface area contributed by atoms with Crippen LogP contribution < -0.4 is 5.32 Å². The van der Waals surface area contributed by atoms with E-state index in [0.717, 1.165) is 25.5 Å². The smallest absolute Gasteiger partial charge is 0.0879 e. The van der Waals surface area contributed by atoms with Crippen molar-refractivity contribution in [3.05, 3.63) is 32.8 Å². The molecule has 88 valence electrons. The third-order valence-corrected chi connectivity index (χ3v) is 4.45. The van der Waals surface area contributed by atoms with E-state index in [4.69, 9.17) is 4.98 Å². The molecule has 0 radical (unpaired) electrons. The number of nitrogens with one attached hydrogen (secondary N) is 1. The Balaban J connectivity index is 2.35. The molecule has 0 atom stereocenters. The minimum absolute atomic E-state index is 0.664. The zero-order valence-electron chi connectivity index (χ0n) is 9.43. The van der Waals surface area contributed by atoms with Crippen LogP contribution in [0.25, 0.3) is 10.9 Å². The number of anilines is 1. The Hall–Kier alpha value is -0.610. The number of hydrogen-bond acceptors (Lipinski definition) is 2. The third-order valence-electron chi connectivity index (χ3n) is 3.15. The molecule has 1 aromatic carbocycles. The van der Waals surface area contributed by atoms with Gasteiger partial charge in [-0.3, -0.25) is 4.98 Å². The van der Waals surface area contributed by atoms with E-state index in [-0.39, 0.29) is 0 Å². The second-order valence-corrected chi connectivity index (χ2v) is 6.08. The van der Waals surface area contributed by atoms with Gasteiger partial charge in [-0.15, -0.1) is 0 Å². The minimum Gasteiger partial charge on any atom is -0.387 e. The first-order valence-corrected chi connectivity index (χ1v) is 7.25. The molecule has 1 aliphatic rings. The van der Waals surface area contributed by atoms with Crippen LogP contribution >= 0.6 is 31.9 Å². The molecule has 0 spiro atoms. The molecule has 3 rings (SSSR count). The summed E-state index contributed by atoms with van der Waals surface area (Å²) in [5.74, 6) is 0.664. The number of pyridine rings is 1. The lowest BCUT2D eigenvalue weighted by Crippen LogP contribution is -1.96. The van der Waals surface area contributed by atoms with Crippen LogP contribution in [0.1, 0.15) is 24.5 Å². The molecule has 0 aliphatic heterocycles. The number of nitrogens with zero attached hydrogens (tertiary/aromatic N) is 1. The van der Waals surface area contributed by atoms with Gasteiger partial charge < -0.3 is 5.32 Å². The molecule has 0 saturated heterocycles. The molecule has 2 aromatic rings. The van der Waals surface area contributed by atoms with Gasteiger partial charge in [-0.1, -0.05) is 15.9 Å². The van der Waals surface area contributed by atoms with Crippen molar-refractivity contribution in [3.63, 3.8) is 0 Å². The van der Waals surface area contributed by atoms with Crippen molar-refractivity contribution in [2.24, 2.45) is 0 Å². The number of fused-ring (bicyclic) bond motifs is 1. The van der Waals surface area contributed by atoms with Crippen LogP contribution in [0.5, 0.6) is 0 Å². The molecule has 0 amide bonds. The van der Waals surface area contributed by atoms with Crippen LogP contribution in [0.3, 0.4) is 0 Å². The Morgan fingerprint density at radius 2 is 1.94 bits per heavy atom. The molecule has 1 N–H and O–H groups in total. The minimum atomic E-state index is 0.664. The van der Waals surface area contributed by atoms with Crippen LogP contribution in [0.4, 0.5) is 5.69 Å². The lowest BCUT2D eigenvalue weighted by Gasteiger charge is -2.11. The number of rotatable bonds is 2. The van der Waals surface area contributed by atoms with Crippen molar-refractivity contribution >= 4 is 48.5 Å². The summed E-state index contributed by atoms with van der Waals surface area (Å²) in [6, 6.07) is 6.26. The quantitative estimate of drug-likeness (QED) is 0.845. The van der Waals surface area contributed by atoms with Crippen LogP contribution in [0, 0.1) is 0 Å². The van der Waals surface area contributed by atoms with Gasteiger partial charge in [0.05, 0.1) is 5.52 Å². The lowest BCUT2D eigenvalue weighted by molar-refractivity contribution is 1.04. The van der Waals surface area contributed by atoms with Gasteiger partial charge in [0.1, 0.15) is 0 Å². The van der Waals surface area contributed by atoms with Gasteiger partial charge in [-0.2, -0.15) is 0 Å². The molecule has 4 heteroatoms. The van der Waals surface area contributed by atoms with Gasteiger partial charge in [0, 0.05) is 38.7 Å². The molecular weight excluding hydrogens is 344 g/mol. The standard InChI is InChI=1S/C13H12Br2N2/c1-16-11-6-10(7-2-3-7)17-13-9(15)5-4-8(14)12(11)13/h4-7H,2-3H2,1H3,(H,16,17). The van der Waals surface area contributed by atoms with Crippen molar-refractivity contribution in [1.29, 1.82) is 0 Å². The first-order chi connectivity index (χ1) is 8.20. The molecule has 1 heterocycles. The predicted molar refractivity (Wildman–Crippen MR) is 78.7 cm³/mol. The average molecular weight is 356 g/mol. The zero-order valence-corrected chi connectivity index (χ0v) is 12.6. The summed E-state index contributed by atoms with van der Waals surface area (Å²) in [6.45, 7) is 0. The molecule has 0 bridgehead atoms. The first kappa shape index (κ1) is 11.5. The second kappa shape index (κ2) is 4.25. The topological polar surface area (TPSA) is 24.9 Å². The van der Waals surface area contributed by atoms with Crippen LogP contribution in [-0.2, 0) is 0 Å². The lowest BCUT2D eigenvalue weighted by atomic mass is 10.1. The highest BCUT2D eigenvalue weighted by molar-refractivity contribution is 9.11. The Bertz CT molecular complexity index is 591. The SMILES string of the molecule is CNc1cc(C2CC2)nc2c(Br)ccc(Br)c12. The molecule has 1 fully saturated rings. The van der Waals surface area contributed by atoms with E-state index in [1.165, 1.54) is 18.5 Å². The number of hydrogen-bond donors (Lipinski definition) is 1. The predicted octanol–water partition coefficient (Wildman–Crippen LogP) is 4.68. The summed E-state index contributed by atoms with van der Waals surface area (Å²) in [6.07, 6.45) is 2.54. The fourth-order valence-corrected chi connectivity index (χ4v) is 3.03. The molecule has 17 heavy (non-hydrogen) atoms. The van der Waals surface area contributed by atoms with Crippen LogP contribution in [-0.4, -0.2) is 12.0 Å². The fraction of sp³-hybridized carbons (Fsp3) is 0.308. The highest BCUT2D eigenvalue weighted by Gasteiger charge is 2.26. The summed E-state index contributed by atoms with van der Waals surface area (Å²) in [5.41, 5.74) is 3.39. The first-order valence-electron chi connectivity index (χ1n) is 5.67. The van der Waals surface area contributed by atoms with E-state index in [0.29, 0.717) is 5.92 Å². The highest BCUT2D eigenvalue weighted by Crippen LogP contribution is 2.43. The van der Waals surface area contributed by atoms with Crippen molar-refractivity contribution in [1.82, 2.24) is 4.98 Å². The molecule has 1 saturated carbocycles. The second-order valence-electron chi connectivity index (χ2n) is 4.37. The van der Waals surface area contributed by atoms with Gasteiger partial charge >= 0.3 is 0 Å². The van der Waals surface area contributed by atoms with Crippen molar-refractivity contribution in [3.8, 4) is 0 Å². The van der Waals surface area contributed by atoms with Crippen molar-refractivity contribution in [2.75, 3.05) is 12.4 Å². The van der Waals surface area contributed by atoms with Crippen LogP contribution in [0.15, 0.2) is 27.1 Å². The van der Waals surface area contributed by atoms with Gasteiger partial charge in [-0.05, 0) is 47.0 Å². The average Bonchev–Trinajstić information content (AvgIpc) is 3.16. The third kappa shape index (κ3) is 1.97. The normalized spacial score (nSPS) is 15.2. The van der Waals surface area contributed by atoms with Crippen molar-refractivity contribution in [2.45, 2.75) is 18.8 Å². The summed E-state index contributed by atoms with van der Waals surface area (Å²) < 4.78 is 2.13. The molecule has 2 nitrogen and oxygen atoms in total. The van der Waals surface area contributed by atoms with Gasteiger partial charge in [-0.25, -0.2) is 0 Å². The largest absolute Gasteiger partial charge is 0.387 e. The molecule has 1 aliphatic carbocycles. The van der Waals surface area contributed by atoms with E-state index in [9.17, 15) is 0 Å². The molecular formula is C13H12Br2N2. The Labute approximate surface area is 117 Å². The Morgan fingerprint density at radius 3 is 2.59 bits per heavy atom. The summed E-state index contributed by atoms with van der Waals surface area (Å²) in [4.78, 5) is 4.79. The van der Waals surface area contributed by atoms with E-state index in [1.807, 2.05) is 19.2 Å². The van der Waals surface area contributed by atoms with Crippen LogP contribution in [0.2, 0.25) is 0 Å². The monoisotopic (exact) mass is 354 g/mol. The molecule has 1 aromatic heterocycles. The van der Waals surface area contributed by atoms with E-state index in [2.05, 4.69) is 43.2 Å². The summed E-state index contributed by atoms with van der Waals surface area (Å²) in [7, 11) is 1.96. The van der Waals surface area contributed by atoms with Gasteiger partial charge in [0.2, 0.25) is 0 Å². The molecule has 0 unspecified atom stereocenters. The fourth-order valence-electron chi connectivity index (χ4n) is 2.07. The maximum absolute atomic E-state index is 4.79. The Kier molecular flexibility index (Phi) is 2.87. The van der Waals surface area contributed by atoms with E-state index in [1.54, 1.807) is 0 Å². The van der Waals surface area contributed by atoms with Gasteiger partial charge in [0.25, 0.3) is 0 Å². The summed E-state index contributed by atoms with van der Waals surface area (Å²) in [5, 5.41) is 4.41. The maximum Gasteiger partial charge on any atom is 0.0879 e. The summed E-state index contributed by atoms with van der Waals surface area (Å²) >= 11 is 7.19. The van der Waals surface area contributed by atoms with E-state index >= 15 is 0 Å². The highest BCUT2D eigenvalue weighted by atomic mass is 79.9. The number of benzene rings is 1. The van der Waals surface area contributed by atoms with Gasteiger partial charge in [0.15, 0.2) is 0 Å². The van der Waals surface area contributed by atoms with Crippen molar-refractivity contribution < 1.29 is 0 Å². The Morgan fingerprint density at radius 1 is 1.24 bits per heavy atom. The zero-order chi connectivity index (χ0) is 12.0. The number of aromatic nitrogens is 1. The van der Waals surface area contributed by atoms with E-state index < -0.39 is 0 Å².